The van der Waals surface area contributed by atoms with Crippen LogP contribution >= 0.6 is 0 Å². The van der Waals surface area contributed by atoms with Gasteiger partial charge in [-0.05, 0) is 25.1 Å². The molecule has 2 N–H and O–H groups in total. The molecule has 1 unspecified atom stereocenters. The Balaban J connectivity index is 2.17. The molecule has 64 valence electrons. The molecule has 1 atom stereocenters. The first-order valence-corrected chi connectivity index (χ1v) is 3.84. The largest absolute Gasteiger partial charge is 0.475 e. The average molecular weight is 167 g/mol. The van der Waals surface area contributed by atoms with E-state index < -0.39 is 5.97 Å². The maximum absolute atomic E-state index is 10.4. The Hall–Kier alpha value is -1.29. The van der Waals surface area contributed by atoms with Gasteiger partial charge in [0.15, 0.2) is 0 Å². The molecule has 4 heteroatoms. The normalized spacial score (nSPS) is 21.8. The van der Waals surface area contributed by atoms with Crippen molar-refractivity contribution in [1.82, 2.24) is 5.32 Å². The second-order valence-corrected chi connectivity index (χ2v) is 2.80. The Bertz CT molecular complexity index is 301. The number of hydrogen-bond acceptors (Lipinski definition) is 3. The third-order valence-corrected chi connectivity index (χ3v) is 2.00. The molecule has 1 aliphatic heterocycles. The van der Waals surface area contributed by atoms with E-state index in [0.717, 1.165) is 18.7 Å². The zero-order chi connectivity index (χ0) is 8.55. The summed E-state index contributed by atoms with van der Waals surface area (Å²) in [6, 6.07) is 3.41. The van der Waals surface area contributed by atoms with E-state index in [4.69, 9.17) is 9.52 Å². The fourth-order valence-corrected chi connectivity index (χ4v) is 1.19. The van der Waals surface area contributed by atoms with Gasteiger partial charge in [-0.25, -0.2) is 4.79 Å². The van der Waals surface area contributed by atoms with E-state index >= 15 is 0 Å². The standard InChI is InChI=1S/C8H9NO3/c10-8(11)7-2-1-6(12-7)5-3-4-9-5/h1-2,5,9H,3-4H2,(H,10,11). The summed E-state index contributed by atoms with van der Waals surface area (Å²) in [7, 11) is 0. The summed E-state index contributed by atoms with van der Waals surface area (Å²) in [5, 5.41) is 11.7. The van der Waals surface area contributed by atoms with Crippen molar-refractivity contribution in [3.05, 3.63) is 23.7 Å². The number of carbonyl (C=O) groups is 1. The number of carboxylic acid groups (broad SMARTS) is 1. The number of hydrogen-bond donors (Lipinski definition) is 2. The van der Waals surface area contributed by atoms with Crippen LogP contribution in [0.4, 0.5) is 0 Å². The second kappa shape index (κ2) is 2.64. The van der Waals surface area contributed by atoms with Crippen LogP contribution in [0.5, 0.6) is 0 Å². The van der Waals surface area contributed by atoms with Crippen molar-refractivity contribution in [2.75, 3.05) is 6.54 Å². The molecule has 2 rings (SSSR count). The smallest absolute Gasteiger partial charge is 0.371 e. The molecule has 0 spiro atoms. The molecule has 1 aromatic heterocycles. The van der Waals surface area contributed by atoms with Crippen molar-refractivity contribution >= 4 is 5.97 Å². The van der Waals surface area contributed by atoms with Crippen LogP contribution in [0.1, 0.15) is 28.8 Å². The molecule has 0 aromatic carbocycles. The van der Waals surface area contributed by atoms with Crippen molar-refractivity contribution in [2.45, 2.75) is 12.5 Å². The van der Waals surface area contributed by atoms with Gasteiger partial charge in [0.25, 0.3) is 0 Å². The van der Waals surface area contributed by atoms with Crippen LogP contribution in [0, 0.1) is 0 Å². The molecule has 0 amide bonds. The van der Waals surface area contributed by atoms with Crippen molar-refractivity contribution in [3.8, 4) is 0 Å². The van der Waals surface area contributed by atoms with Crippen molar-refractivity contribution in [2.24, 2.45) is 0 Å². The van der Waals surface area contributed by atoms with Gasteiger partial charge in [0.2, 0.25) is 5.76 Å². The van der Waals surface area contributed by atoms with Gasteiger partial charge in [0, 0.05) is 0 Å². The first-order chi connectivity index (χ1) is 5.77. The Morgan fingerprint density at radius 1 is 1.67 bits per heavy atom. The van der Waals surface area contributed by atoms with E-state index in [-0.39, 0.29) is 11.8 Å². The molecule has 1 aromatic rings. The minimum absolute atomic E-state index is 0.0127. The lowest BCUT2D eigenvalue weighted by molar-refractivity contribution is 0.0658. The van der Waals surface area contributed by atoms with Gasteiger partial charge in [0.1, 0.15) is 5.76 Å². The molecule has 0 bridgehead atoms. The topological polar surface area (TPSA) is 62.5 Å². The van der Waals surface area contributed by atoms with Gasteiger partial charge in [0.05, 0.1) is 6.04 Å². The summed E-state index contributed by atoms with van der Waals surface area (Å²) in [6.45, 7) is 0.980. The Morgan fingerprint density at radius 3 is 2.83 bits per heavy atom. The predicted octanol–water partition coefficient (Wildman–Crippen LogP) is 1.01. The minimum atomic E-state index is -1.01. The number of rotatable bonds is 2. The van der Waals surface area contributed by atoms with Crippen LogP contribution in [-0.2, 0) is 0 Å². The highest BCUT2D eigenvalue weighted by Crippen LogP contribution is 2.24. The molecule has 2 heterocycles. The van der Waals surface area contributed by atoms with Gasteiger partial charge in [-0.15, -0.1) is 0 Å². The van der Waals surface area contributed by atoms with E-state index in [2.05, 4.69) is 5.32 Å². The molecular formula is C8H9NO3. The van der Waals surface area contributed by atoms with E-state index in [9.17, 15) is 4.79 Å². The van der Waals surface area contributed by atoms with Gasteiger partial charge in [-0.1, -0.05) is 0 Å². The van der Waals surface area contributed by atoms with Gasteiger partial charge in [-0.2, -0.15) is 0 Å². The van der Waals surface area contributed by atoms with Crippen molar-refractivity contribution in [1.29, 1.82) is 0 Å². The lowest BCUT2D eigenvalue weighted by Crippen LogP contribution is -2.34. The van der Waals surface area contributed by atoms with E-state index in [1.165, 1.54) is 6.07 Å². The maximum Gasteiger partial charge on any atom is 0.371 e. The zero-order valence-electron chi connectivity index (χ0n) is 6.41. The highest BCUT2D eigenvalue weighted by Gasteiger charge is 2.22. The molecule has 1 fully saturated rings. The Morgan fingerprint density at radius 2 is 2.42 bits per heavy atom. The number of carboxylic acids is 1. The van der Waals surface area contributed by atoms with E-state index in [1.807, 2.05) is 0 Å². The SMILES string of the molecule is O=C(O)c1ccc(C2CCN2)o1. The van der Waals surface area contributed by atoms with Crippen LogP contribution in [-0.4, -0.2) is 17.6 Å². The van der Waals surface area contributed by atoms with Crippen LogP contribution in [0.25, 0.3) is 0 Å². The van der Waals surface area contributed by atoms with Gasteiger partial charge < -0.3 is 14.8 Å². The van der Waals surface area contributed by atoms with E-state index in [0.29, 0.717) is 0 Å². The van der Waals surface area contributed by atoms with Crippen molar-refractivity contribution in [3.63, 3.8) is 0 Å². The van der Waals surface area contributed by atoms with E-state index in [1.54, 1.807) is 6.07 Å². The summed E-state index contributed by atoms with van der Waals surface area (Å²) < 4.78 is 5.09. The van der Waals surface area contributed by atoms with Crippen LogP contribution in [0.15, 0.2) is 16.5 Å². The molecule has 0 radical (unpaired) electrons. The predicted molar refractivity (Wildman–Crippen MR) is 41.0 cm³/mol. The molecule has 12 heavy (non-hydrogen) atoms. The molecular weight excluding hydrogens is 158 g/mol. The zero-order valence-corrected chi connectivity index (χ0v) is 6.41. The minimum Gasteiger partial charge on any atom is -0.475 e. The first kappa shape index (κ1) is 7.36. The lowest BCUT2D eigenvalue weighted by Gasteiger charge is -2.25. The number of nitrogens with one attached hydrogen (secondary N) is 1. The van der Waals surface area contributed by atoms with Crippen molar-refractivity contribution < 1.29 is 14.3 Å². The number of aromatic carboxylic acids is 1. The van der Waals surface area contributed by atoms with Crippen LogP contribution in [0.2, 0.25) is 0 Å². The molecule has 1 saturated heterocycles. The van der Waals surface area contributed by atoms with Crippen LogP contribution in [0.3, 0.4) is 0 Å². The monoisotopic (exact) mass is 167 g/mol. The fourth-order valence-electron chi connectivity index (χ4n) is 1.19. The number of furan rings is 1. The fraction of sp³-hybridized carbons (Fsp3) is 0.375. The summed E-state index contributed by atoms with van der Waals surface area (Å²) >= 11 is 0. The molecule has 1 aliphatic rings. The highest BCUT2D eigenvalue weighted by atomic mass is 16.4. The quantitative estimate of drug-likeness (QED) is 0.690. The Kier molecular flexibility index (Phi) is 1.62. The molecule has 4 nitrogen and oxygen atoms in total. The lowest BCUT2D eigenvalue weighted by atomic mass is 10.1. The maximum atomic E-state index is 10.4. The third kappa shape index (κ3) is 1.10. The van der Waals surface area contributed by atoms with Crippen LogP contribution < -0.4 is 5.32 Å². The summed E-state index contributed by atoms with van der Waals surface area (Å²) in [4.78, 5) is 10.4. The molecule has 0 aliphatic carbocycles. The molecule has 0 saturated carbocycles. The van der Waals surface area contributed by atoms with Gasteiger partial charge in [-0.3, -0.25) is 0 Å². The summed E-state index contributed by atoms with van der Waals surface area (Å²) in [6.07, 6.45) is 1.02. The Labute approximate surface area is 69.2 Å². The van der Waals surface area contributed by atoms with Gasteiger partial charge >= 0.3 is 5.97 Å². The first-order valence-electron chi connectivity index (χ1n) is 3.84. The summed E-state index contributed by atoms with van der Waals surface area (Å²) in [5.74, 6) is -0.280. The highest BCUT2D eigenvalue weighted by molar-refractivity contribution is 5.84. The third-order valence-electron chi connectivity index (χ3n) is 2.00. The summed E-state index contributed by atoms with van der Waals surface area (Å²) in [5.41, 5.74) is 0. The average Bonchev–Trinajstić information content (AvgIpc) is 2.32. The second-order valence-electron chi connectivity index (χ2n) is 2.80.